The van der Waals surface area contributed by atoms with Gasteiger partial charge in [0.05, 0.1) is 40.8 Å². The summed E-state index contributed by atoms with van der Waals surface area (Å²) >= 11 is 0. The molecule has 0 atom stereocenters. The van der Waals surface area contributed by atoms with Crippen molar-refractivity contribution in [1.29, 1.82) is 0 Å². The van der Waals surface area contributed by atoms with E-state index in [0.29, 0.717) is 17.8 Å². The highest BCUT2D eigenvalue weighted by atomic mass is 19.1. The van der Waals surface area contributed by atoms with E-state index in [1.54, 1.807) is 4.90 Å². The zero-order chi connectivity index (χ0) is 32.4. The highest BCUT2D eigenvalue weighted by molar-refractivity contribution is 5.94. The van der Waals surface area contributed by atoms with E-state index < -0.39 is 44.6 Å². The fourth-order valence-electron chi connectivity index (χ4n) is 3.92. The van der Waals surface area contributed by atoms with Gasteiger partial charge in [-0.3, -0.25) is 34.6 Å². The van der Waals surface area contributed by atoms with Crippen LogP contribution in [0.5, 0.6) is 5.75 Å². The number of hydrogen-bond donors (Lipinski definition) is 1. The molecule has 3 rings (SSSR count). The van der Waals surface area contributed by atoms with E-state index in [2.05, 4.69) is 15.5 Å². The van der Waals surface area contributed by atoms with Gasteiger partial charge in [0, 0.05) is 32.1 Å². The second-order valence-corrected chi connectivity index (χ2v) is 9.25. The Bertz CT molecular complexity index is 1610. The summed E-state index contributed by atoms with van der Waals surface area (Å²) in [6.45, 7) is 2.55. The van der Waals surface area contributed by atoms with Crippen molar-refractivity contribution in [2.24, 2.45) is 10.2 Å². The molecule has 0 radical (unpaired) electrons. The maximum absolute atomic E-state index is 14.3. The van der Waals surface area contributed by atoms with Crippen LogP contribution in [-0.4, -0.2) is 47.8 Å². The maximum Gasteiger partial charge on any atom is 0.311 e. The van der Waals surface area contributed by atoms with Crippen LogP contribution in [0.15, 0.2) is 64.8 Å². The Morgan fingerprint density at radius 1 is 0.955 bits per heavy atom. The molecule has 0 aliphatic rings. The van der Waals surface area contributed by atoms with Crippen molar-refractivity contribution in [1.82, 2.24) is 0 Å². The molecule has 0 aliphatic carbocycles. The van der Waals surface area contributed by atoms with Gasteiger partial charge in [-0.05, 0) is 18.6 Å². The van der Waals surface area contributed by atoms with Crippen molar-refractivity contribution >= 4 is 51.8 Å². The summed E-state index contributed by atoms with van der Waals surface area (Å²) in [5, 5.41) is 32.9. The predicted molar refractivity (Wildman–Crippen MR) is 155 cm³/mol. The Hall–Kier alpha value is -5.80. The van der Waals surface area contributed by atoms with E-state index in [-0.39, 0.29) is 49.0 Å². The van der Waals surface area contributed by atoms with Gasteiger partial charge in [0.15, 0.2) is 11.5 Å². The van der Waals surface area contributed by atoms with E-state index in [4.69, 9.17) is 9.47 Å². The van der Waals surface area contributed by atoms with Gasteiger partial charge in [-0.1, -0.05) is 30.3 Å². The lowest BCUT2D eigenvalue weighted by Gasteiger charge is -2.27. The standard InChI is InChI=1S/C28H27FN6O9/c1-17(36)16-44-28(38)9-10-33(15-19-7-5-4-6-8-19)26-12-21(30-18(2)37)22(13-27(26)43-3)31-32-23-11-20(29)24(34(39)40)14-25(23)35(41)42/h4-8,11-14H,9-10,15-16H2,1-3H3,(H,30,37)/b32-31+. The molecule has 0 saturated heterocycles. The third-order valence-corrected chi connectivity index (χ3v) is 5.89. The van der Waals surface area contributed by atoms with Crippen molar-refractivity contribution in [3.63, 3.8) is 0 Å². The van der Waals surface area contributed by atoms with Crippen LogP contribution in [-0.2, 0) is 25.7 Å². The molecule has 3 aromatic carbocycles. The molecular weight excluding hydrogens is 583 g/mol. The molecule has 230 valence electrons. The molecule has 1 amide bonds. The van der Waals surface area contributed by atoms with Gasteiger partial charge in [0.1, 0.15) is 18.0 Å². The Morgan fingerprint density at radius 3 is 2.20 bits per heavy atom. The Balaban J connectivity index is 2.08. The molecule has 0 bridgehead atoms. The summed E-state index contributed by atoms with van der Waals surface area (Å²) < 4.78 is 24.8. The normalized spacial score (nSPS) is 10.7. The quantitative estimate of drug-likeness (QED) is 0.104. The molecule has 16 heteroatoms. The zero-order valence-electron chi connectivity index (χ0n) is 23.8. The van der Waals surface area contributed by atoms with Gasteiger partial charge in [-0.15, -0.1) is 10.2 Å². The molecule has 0 aromatic heterocycles. The van der Waals surface area contributed by atoms with Crippen LogP contribution in [0.25, 0.3) is 0 Å². The number of nitro benzene ring substituents is 2. The van der Waals surface area contributed by atoms with Crippen molar-refractivity contribution in [2.45, 2.75) is 26.8 Å². The Labute approximate surface area is 249 Å². The van der Waals surface area contributed by atoms with Gasteiger partial charge in [0.2, 0.25) is 11.7 Å². The molecular formula is C28H27FN6O9. The number of benzene rings is 3. The molecule has 0 aliphatic heterocycles. The molecule has 44 heavy (non-hydrogen) atoms. The van der Waals surface area contributed by atoms with E-state index in [1.165, 1.54) is 33.1 Å². The van der Waals surface area contributed by atoms with Crippen LogP contribution in [0.3, 0.4) is 0 Å². The number of azo groups is 1. The number of rotatable bonds is 14. The van der Waals surface area contributed by atoms with Crippen molar-refractivity contribution in [3.05, 3.63) is 86.2 Å². The summed E-state index contributed by atoms with van der Waals surface area (Å²) in [5.74, 6) is -2.59. The van der Waals surface area contributed by atoms with Crippen molar-refractivity contribution in [3.8, 4) is 5.75 Å². The number of esters is 1. The number of ether oxygens (including phenoxy) is 2. The minimum atomic E-state index is -1.36. The van der Waals surface area contributed by atoms with E-state index >= 15 is 0 Å². The van der Waals surface area contributed by atoms with Gasteiger partial charge in [-0.2, -0.15) is 4.39 Å². The van der Waals surface area contributed by atoms with Crippen molar-refractivity contribution < 1.29 is 38.1 Å². The van der Waals surface area contributed by atoms with Crippen LogP contribution >= 0.6 is 0 Å². The van der Waals surface area contributed by atoms with Crippen molar-refractivity contribution in [2.75, 3.05) is 30.5 Å². The SMILES string of the molecule is COc1cc(/N=N/c2cc(F)c([N+](=O)[O-])cc2[N+](=O)[O-])c(NC(C)=O)cc1N(CCC(=O)OCC(C)=O)Cc1ccccc1. The number of nitrogens with zero attached hydrogens (tertiary/aromatic N) is 5. The summed E-state index contributed by atoms with van der Waals surface area (Å²) in [6.07, 6.45) is -0.102. The first-order valence-corrected chi connectivity index (χ1v) is 12.9. The summed E-state index contributed by atoms with van der Waals surface area (Å²) in [6, 6.07) is 13.0. The topological polar surface area (TPSA) is 196 Å². The number of anilines is 2. The minimum absolute atomic E-state index is 0.0469. The first-order chi connectivity index (χ1) is 20.9. The number of nitro groups is 2. The van der Waals surface area contributed by atoms with Gasteiger partial charge < -0.3 is 19.7 Å². The number of Topliss-reactive ketones (excluding diaryl/α,β-unsaturated/α-hetero) is 1. The second-order valence-electron chi connectivity index (χ2n) is 9.25. The zero-order valence-corrected chi connectivity index (χ0v) is 23.8. The molecule has 0 heterocycles. The van der Waals surface area contributed by atoms with E-state index in [9.17, 15) is 39.0 Å². The Kier molecular flexibility index (Phi) is 11.1. The molecule has 1 N–H and O–H groups in total. The summed E-state index contributed by atoms with van der Waals surface area (Å²) in [7, 11) is 1.36. The Morgan fingerprint density at radius 2 is 1.61 bits per heavy atom. The maximum atomic E-state index is 14.3. The van der Waals surface area contributed by atoms with Crippen LogP contribution in [0, 0.1) is 26.0 Å². The van der Waals surface area contributed by atoms with Gasteiger partial charge in [0.25, 0.3) is 0 Å². The van der Waals surface area contributed by atoms with Crippen LogP contribution in [0.1, 0.15) is 25.8 Å². The molecule has 0 spiro atoms. The number of hydrogen-bond acceptors (Lipinski definition) is 12. The average molecular weight is 611 g/mol. The second kappa shape index (κ2) is 14.9. The van der Waals surface area contributed by atoms with E-state index in [0.717, 1.165) is 5.56 Å². The summed E-state index contributed by atoms with van der Waals surface area (Å²) in [4.78, 5) is 57.8. The van der Waals surface area contributed by atoms with Gasteiger partial charge in [-0.25, -0.2) is 0 Å². The highest BCUT2D eigenvalue weighted by Crippen LogP contribution is 2.41. The number of carbonyl (C=O) groups is 3. The van der Waals surface area contributed by atoms with Crippen LogP contribution in [0.4, 0.5) is 38.5 Å². The first-order valence-electron chi connectivity index (χ1n) is 12.9. The molecule has 15 nitrogen and oxygen atoms in total. The number of carbonyl (C=O) groups excluding carboxylic acids is 3. The minimum Gasteiger partial charge on any atom is -0.494 e. The lowest BCUT2D eigenvalue weighted by atomic mass is 10.1. The summed E-state index contributed by atoms with van der Waals surface area (Å²) in [5.41, 5.74) is -1.27. The predicted octanol–water partition coefficient (Wildman–Crippen LogP) is 5.55. The molecule has 0 unspecified atom stereocenters. The molecule has 3 aromatic rings. The number of ketones is 1. The number of methoxy groups -OCH3 is 1. The van der Waals surface area contributed by atoms with Crippen LogP contribution in [0.2, 0.25) is 0 Å². The smallest absolute Gasteiger partial charge is 0.311 e. The van der Waals surface area contributed by atoms with Crippen LogP contribution < -0.4 is 15.0 Å². The largest absolute Gasteiger partial charge is 0.494 e. The average Bonchev–Trinajstić information content (AvgIpc) is 2.97. The monoisotopic (exact) mass is 610 g/mol. The fraction of sp³-hybridized carbons (Fsp3) is 0.250. The molecule has 0 saturated carbocycles. The first kappa shape index (κ1) is 32.7. The van der Waals surface area contributed by atoms with E-state index in [1.807, 2.05) is 30.3 Å². The number of nitrogens with one attached hydrogen (secondary N) is 1. The van der Waals surface area contributed by atoms with Gasteiger partial charge >= 0.3 is 17.3 Å². The highest BCUT2D eigenvalue weighted by Gasteiger charge is 2.25. The lowest BCUT2D eigenvalue weighted by molar-refractivity contribution is -0.395. The third-order valence-electron chi connectivity index (χ3n) is 5.89. The third kappa shape index (κ3) is 8.85. The lowest BCUT2D eigenvalue weighted by Crippen LogP contribution is -2.27. The number of amides is 1. The molecule has 0 fully saturated rings. The number of halogens is 1. The fourth-order valence-corrected chi connectivity index (χ4v) is 3.92.